The minimum absolute atomic E-state index is 0.0430. The number of halogens is 1. The van der Waals surface area contributed by atoms with Gasteiger partial charge in [-0.25, -0.2) is 4.68 Å². The number of rotatable bonds is 5. The molecule has 0 radical (unpaired) electrons. The zero-order chi connectivity index (χ0) is 17.3. The normalized spacial score (nSPS) is 15.6. The minimum atomic E-state index is -0.891. The van der Waals surface area contributed by atoms with Gasteiger partial charge in [-0.1, -0.05) is 15.9 Å². The van der Waals surface area contributed by atoms with Crippen molar-refractivity contribution in [1.29, 1.82) is 0 Å². The van der Waals surface area contributed by atoms with Crippen molar-refractivity contribution in [2.75, 3.05) is 0 Å². The third kappa shape index (κ3) is 3.21. The Morgan fingerprint density at radius 1 is 1.33 bits per heavy atom. The van der Waals surface area contributed by atoms with E-state index in [1.165, 1.54) is 6.20 Å². The summed E-state index contributed by atoms with van der Waals surface area (Å²) in [5.41, 5.74) is 1.43. The van der Waals surface area contributed by atoms with Crippen LogP contribution >= 0.6 is 15.9 Å². The van der Waals surface area contributed by atoms with E-state index >= 15 is 0 Å². The van der Waals surface area contributed by atoms with Gasteiger partial charge in [0.15, 0.2) is 0 Å². The maximum Gasteiger partial charge on any atom is 0.305 e. The quantitative estimate of drug-likeness (QED) is 0.819. The summed E-state index contributed by atoms with van der Waals surface area (Å²) in [5.74, 6) is -1.16. The van der Waals surface area contributed by atoms with Gasteiger partial charge in [0.25, 0.3) is 5.91 Å². The Kier molecular flexibility index (Phi) is 4.45. The van der Waals surface area contributed by atoms with Crippen LogP contribution in [0.4, 0.5) is 0 Å². The van der Waals surface area contributed by atoms with Crippen molar-refractivity contribution in [3.05, 3.63) is 46.2 Å². The lowest BCUT2D eigenvalue weighted by molar-refractivity contribution is -0.139. The fraction of sp³-hybridized carbons (Fsp3) is 0.353. The highest BCUT2D eigenvalue weighted by atomic mass is 79.9. The van der Waals surface area contributed by atoms with E-state index in [9.17, 15) is 9.59 Å². The molecule has 2 N–H and O–H groups in total. The molecule has 0 spiro atoms. The highest BCUT2D eigenvalue weighted by Gasteiger charge is 2.40. The highest BCUT2D eigenvalue weighted by molar-refractivity contribution is 9.10. The van der Waals surface area contributed by atoms with Crippen molar-refractivity contribution in [1.82, 2.24) is 15.1 Å². The summed E-state index contributed by atoms with van der Waals surface area (Å²) in [6.07, 6.45) is 3.82. The average molecular weight is 392 g/mol. The largest absolute Gasteiger partial charge is 0.481 e. The second-order valence-electron chi connectivity index (χ2n) is 6.19. The molecule has 1 aromatic heterocycles. The molecule has 1 heterocycles. The van der Waals surface area contributed by atoms with E-state index < -0.39 is 11.5 Å². The first kappa shape index (κ1) is 16.7. The van der Waals surface area contributed by atoms with Gasteiger partial charge in [-0.15, -0.1) is 0 Å². The van der Waals surface area contributed by atoms with E-state index in [-0.39, 0.29) is 12.3 Å². The summed E-state index contributed by atoms with van der Waals surface area (Å²) >= 11 is 3.39. The first-order valence-electron chi connectivity index (χ1n) is 7.75. The number of amides is 1. The zero-order valence-corrected chi connectivity index (χ0v) is 14.8. The fourth-order valence-corrected chi connectivity index (χ4v) is 3.29. The lowest BCUT2D eigenvalue weighted by atomic mass is 9.74. The van der Waals surface area contributed by atoms with Gasteiger partial charge in [0.05, 0.1) is 35.1 Å². The number of carbonyl (C=O) groups excluding carboxylic acids is 1. The van der Waals surface area contributed by atoms with Gasteiger partial charge in [-0.2, -0.15) is 5.10 Å². The van der Waals surface area contributed by atoms with Crippen LogP contribution < -0.4 is 5.32 Å². The van der Waals surface area contributed by atoms with E-state index in [1.807, 2.05) is 31.2 Å². The summed E-state index contributed by atoms with van der Waals surface area (Å²) in [7, 11) is 0. The van der Waals surface area contributed by atoms with Gasteiger partial charge in [-0.3, -0.25) is 9.59 Å². The summed E-state index contributed by atoms with van der Waals surface area (Å²) in [6.45, 7) is 1.83. The molecule has 1 saturated carbocycles. The standard InChI is InChI=1S/C17H18BrN3O3/c1-11-14(10-19-21(11)13-5-3-12(18)4-6-13)16(24)20-17(7-2-8-17)9-15(22)23/h3-6,10H,2,7-9H2,1H3,(H,20,24)(H,22,23). The molecule has 1 amide bonds. The van der Waals surface area contributed by atoms with Crippen LogP contribution in [0.2, 0.25) is 0 Å². The first-order valence-corrected chi connectivity index (χ1v) is 8.54. The molecule has 2 aromatic rings. The Hall–Kier alpha value is -2.15. The molecule has 3 rings (SSSR count). The number of aliphatic carboxylic acids is 1. The Morgan fingerprint density at radius 2 is 2.00 bits per heavy atom. The van der Waals surface area contributed by atoms with Gasteiger partial charge in [0.1, 0.15) is 0 Å². The lowest BCUT2D eigenvalue weighted by Crippen LogP contribution is -2.54. The molecule has 1 aromatic carbocycles. The van der Waals surface area contributed by atoms with Crippen LogP contribution in [0.25, 0.3) is 5.69 Å². The van der Waals surface area contributed by atoms with Crippen LogP contribution in [0.3, 0.4) is 0 Å². The van der Waals surface area contributed by atoms with Gasteiger partial charge in [0.2, 0.25) is 0 Å². The smallest absolute Gasteiger partial charge is 0.305 e. The Balaban J connectivity index is 1.81. The number of nitrogens with zero attached hydrogens (tertiary/aromatic N) is 2. The summed E-state index contributed by atoms with van der Waals surface area (Å²) < 4.78 is 2.67. The van der Waals surface area contributed by atoms with E-state index in [0.717, 1.165) is 22.3 Å². The maximum atomic E-state index is 12.6. The monoisotopic (exact) mass is 391 g/mol. The van der Waals surface area contributed by atoms with Crippen molar-refractivity contribution in [3.8, 4) is 5.69 Å². The molecular weight excluding hydrogens is 374 g/mol. The molecule has 0 aliphatic heterocycles. The predicted molar refractivity (Wildman–Crippen MR) is 92.3 cm³/mol. The molecule has 7 heteroatoms. The van der Waals surface area contributed by atoms with Crippen molar-refractivity contribution >= 4 is 27.8 Å². The third-order valence-electron chi connectivity index (χ3n) is 4.50. The molecule has 1 aliphatic rings. The number of carboxylic acid groups (broad SMARTS) is 1. The van der Waals surface area contributed by atoms with Crippen molar-refractivity contribution < 1.29 is 14.7 Å². The minimum Gasteiger partial charge on any atom is -0.481 e. The van der Waals surface area contributed by atoms with E-state index in [0.29, 0.717) is 18.4 Å². The lowest BCUT2D eigenvalue weighted by Gasteiger charge is -2.41. The molecule has 0 atom stereocenters. The molecule has 6 nitrogen and oxygen atoms in total. The SMILES string of the molecule is Cc1c(C(=O)NC2(CC(=O)O)CCC2)cnn1-c1ccc(Br)cc1. The Labute approximate surface area is 148 Å². The number of hydrogen-bond acceptors (Lipinski definition) is 3. The van der Waals surface area contributed by atoms with Crippen LogP contribution in [0.5, 0.6) is 0 Å². The van der Waals surface area contributed by atoms with Gasteiger partial charge >= 0.3 is 5.97 Å². The predicted octanol–water partition coefficient (Wildman–Crippen LogP) is 3.07. The van der Waals surface area contributed by atoms with Crippen molar-refractivity contribution in [2.24, 2.45) is 0 Å². The van der Waals surface area contributed by atoms with Gasteiger partial charge in [0, 0.05) is 4.47 Å². The molecule has 126 valence electrons. The van der Waals surface area contributed by atoms with Crippen molar-refractivity contribution in [3.63, 3.8) is 0 Å². The topological polar surface area (TPSA) is 84.2 Å². The number of hydrogen-bond donors (Lipinski definition) is 2. The van der Waals surface area contributed by atoms with Crippen molar-refractivity contribution in [2.45, 2.75) is 38.1 Å². The zero-order valence-electron chi connectivity index (χ0n) is 13.3. The number of aromatic nitrogens is 2. The van der Waals surface area contributed by atoms with Crippen LogP contribution in [0, 0.1) is 6.92 Å². The average Bonchev–Trinajstić information content (AvgIpc) is 2.87. The van der Waals surface area contributed by atoms with Gasteiger partial charge < -0.3 is 10.4 Å². The van der Waals surface area contributed by atoms with E-state index in [4.69, 9.17) is 5.11 Å². The Morgan fingerprint density at radius 3 is 2.54 bits per heavy atom. The second kappa shape index (κ2) is 6.39. The fourth-order valence-electron chi connectivity index (χ4n) is 3.02. The van der Waals surface area contributed by atoms with Crippen LogP contribution in [0.1, 0.15) is 41.7 Å². The second-order valence-corrected chi connectivity index (χ2v) is 7.11. The molecule has 0 unspecified atom stereocenters. The number of carboxylic acids is 1. The molecule has 24 heavy (non-hydrogen) atoms. The first-order chi connectivity index (χ1) is 11.4. The van der Waals surface area contributed by atoms with E-state index in [1.54, 1.807) is 4.68 Å². The number of nitrogens with one attached hydrogen (secondary N) is 1. The van der Waals surface area contributed by atoms with Crippen LogP contribution in [-0.4, -0.2) is 32.3 Å². The highest BCUT2D eigenvalue weighted by Crippen LogP contribution is 2.35. The summed E-state index contributed by atoms with van der Waals surface area (Å²) in [4.78, 5) is 23.6. The third-order valence-corrected chi connectivity index (χ3v) is 5.03. The molecule has 0 bridgehead atoms. The number of carbonyl (C=O) groups is 2. The summed E-state index contributed by atoms with van der Waals surface area (Å²) in [6, 6.07) is 7.63. The van der Waals surface area contributed by atoms with E-state index in [2.05, 4.69) is 26.3 Å². The van der Waals surface area contributed by atoms with Crippen LogP contribution in [0.15, 0.2) is 34.9 Å². The van der Waals surface area contributed by atoms with Gasteiger partial charge in [-0.05, 0) is 50.5 Å². The van der Waals surface area contributed by atoms with Crippen LogP contribution in [-0.2, 0) is 4.79 Å². The number of benzene rings is 1. The molecule has 1 aliphatic carbocycles. The molecule has 0 saturated heterocycles. The molecular formula is C17H18BrN3O3. The summed E-state index contributed by atoms with van der Waals surface area (Å²) in [5, 5.41) is 16.3. The maximum absolute atomic E-state index is 12.6. The Bertz CT molecular complexity index is 779. The molecule has 1 fully saturated rings.